The highest BCUT2D eigenvalue weighted by Gasteiger charge is 2.57. The van der Waals surface area contributed by atoms with Crippen LogP contribution < -0.4 is 0 Å². The van der Waals surface area contributed by atoms with Gasteiger partial charge in [0.25, 0.3) is 0 Å². The van der Waals surface area contributed by atoms with Crippen LogP contribution in [0.3, 0.4) is 0 Å². The minimum absolute atomic E-state index is 0.118. The molecule has 0 unspecified atom stereocenters. The molecule has 7 nitrogen and oxygen atoms in total. The summed E-state index contributed by atoms with van der Waals surface area (Å²) in [6, 6.07) is 8.58. The van der Waals surface area contributed by atoms with Gasteiger partial charge in [-0.05, 0) is 52.3 Å². The molecule has 7 heteroatoms. The molecule has 2 aliphatic heterocycles. The molecule has 29 heavy (non-hydrogen) atoms. The van der Waals surface area contributed by atoms with Crippen molar-refractivity contribution in [2.75, 3.05) is 13.2 Å². The summed E-state index contributed by atoms with van der Waals surface area (Å²) in [5.74, 6) is -2.33. The molecule has 1 N–H and O–H groups in total. The van der Waals surface area contributed by atoms with Gasteiger partial charge in [-0.15, -0.1) is 0 Å². The highest BCUT2D eigenvalue weighted by molar-refractivity contribution is 5.89. The third-order valence-corrected chi connectivity index (χ3v) is 5.23. The van der Waals surface area contributed by atoms with Gasteiger partial charge in [-0.1, -0.05) is 24.8 Å². The fraction of sp³-hybridized carbons (Fsp3) is 0.591. The molecule has 0 aliphatic carbocycles. The molecule has 0 amide bonds. The molecule has 2 saturated heterocycles. The molecule has 0 aromatic heterocycles. The Morgan fingerprint density at radius 1 is 1.14 bits per heavy atom. The van der Waals surface area contributed by atoms with Gasteiger partial charge in [0.1, 0.15) is 12.2 Å². The van der Waals surface area contributed by atoms with Gasteiger partial charge in [0.15, 0.2) is 23.3 Å². The Hall–Kier alpha value is -1.77. The summed E-state index contributed by atoms with van der Waals surface area (Å²) in [5, 5.41) is 11.8. The molecule has 0 radical (unpaired) electrons. The summed E-state index contributed by atoms with van der Waals surface area (Å²) < 4.78 is 29.1. The average Bonchev–Trinajstić information content (AvgIpc) is 3.20. The number of rotatable bonds is 6. The number of hydrogen-bond acceptors (Lipinski definition) is 7. The van der Waals surface area contributed by atoms with E-state index in [-0.39, 0.29) is 13.2 Å². The second kappa shape index (κ2) is 7.81. The van der Waals surface area contributed by atoms with Gasteiger partial charge in [0, 0.05) is 0 Å². The molecule has 3 rings (SSSR count). The minimum Gasteiger partial charge on any atom is -0.452 e. The van der Waals surface area contributed by atoms with Crippen molar-refractivity contribution in [3.63, 3.8) is 0 Å². The molecular formula is C22H30O7. The second-order valence-corrected chi connectivity index (χ2v) is 8.48. The van der Waals surface area contributed by atoms with Gasteiger partial charge < -0.3 is 28.8 Å². The van der Waals surface area contributed by atoms with E-state index < -0.39 is 41.5 Å². The number of ether oxygens (including phenoxy) is 5. The van der Waals surface area contributed by atoms with Crippen molar-refractivity contribution in [2.24, 2.45) is 0 Å². The summed E-state index contributed by atoms with van der Waals surface area (Å²) in [4.78, 5) is 12.9. The summed E-state index contributed by atoms with van der Waals surface area (Å²) >= 11 is 0. The van der Waals surface area contributed by atoms with Crippen molar-refractivity contribution in [2.45, 2.75) is 70.1 Å². The highest BCUT2D eigenvalue weighted by Crippen LogP contribution is 2.40. The summed E-state index contributed by atoms with van der Waals surface area (Å²) in [6.07, 6.45) is -2.63. The standard InChI is InChI=1S/C22H30O7/c1-14(2)22(24,17-13-26-21(5,6)29-17)18(16-12-25-20(3,4)28-16)27-19(23)15-10-8-7-9-11-15/h7-11,16-18,24H,1,12-13H2,2-6H3/t16-,17-,18+,22+/m0/s1. The lowest BCUT2D eigenvalue weighted by molar-refractivity contribution is -0.207. The van der Waals surface area contributed by atoms with E-state index in [0.29, 0.717) is 11.1 Å². The quantitative estimate of drug-likeness (QED) is 0.574. The summed E-state index contributed by atoms with van der Waals surface area (Å²) in [7, 11) is 0. The van der Waals surface area contributed by atoms with Crippen LogP contribution in [0.2, 0.25) is 0 Å². The Morgan fingerprint density at radius 3 is 2.21 bits per heavy atom. The maximum absolute atomic E-state index is 12.9. The smallest absolute Gasteiger partial charge is 0.338 e. The molecule has 0 bridgehead atoms. The summed E-state index contributed by atoms with van der Waals surface area (Å²) in [6.45, 7) is 12.9. The van der Waals surface area contributed by atoms with E-state index >= 15 is 0 Å². The van der Waals surface area contributed by atoms with Crippen LogP contribution in [-0.2, 0) is 23.7 Å². The molecule has 160 valence electrons. The van der Waals surface area contributed by atoms with Crippen molar-refractivity contribution in [3.8, 4) is 0 Å². The van der Waals surface area contributed by atoms with E-state index in [1.54, 1.807) is 65.0 Å². The molecule has 1 aromatic carbocycles. The second-order valence-electron chi connectivity index (χ2n) is 8.48. The predicted octanol–water partition coefficient (Wildman–Crippen LogP) is 2.82. The van der Waals surface area contributed by atoms with Crippen LogP contribution in [0.5, 0.6) is 0 Å². The Balaban J connectivity index is 1.96. The Labute approximate surface area is 171 Å². The maximum Gasteiger partial charge on any atom is 0.338 e. The topological polar surface area (TPSA) is 83.5 Å². The van der Waals surface area contributed by atoms with Crippen molar-refractivity contribution >= 4 is 5.97 Å². The first-order valence-electron chi connectivity index (χ1n) is 9.72. The van der Waals surface area contributed by atoms with Crippen molar-refractivity contribution < 1.29 is 33.6 Å². The monoisotopic (exact) mass is 406 g/mol. The van der Waals surface area contributed by atoms with Crippen molar-refractivity contribution in [1.29, 1.82) is 0 Å². The Kier molecular flexibility index (Phi) is 5.91. The zero-order valence-corrected chi connectivity index (χ0v) is 17.6. The molecule has 4 atom stereocenters. The largest absolute Gasteiger partial charge is 0.452 e. The molecule has 1 aromatic rings. The van der Waals surface area contributed by atoms with E-state index in [0.717, 1.165) is 0 Å². The van der Waals surface area contributed by atoms with Gasteiger partial charge in [-0.25, -0.2) is 4.79 Å². The van der Waals surface area contributed by atoms with Crippen LogP contribution >= 0.6 is 0 Å². The Morgan fingerprint density at radius 2 is 1.72 bits per heavy atom. The average molecular weight is 406 g/mol. The number of aliphatic hydroxyl groups is 1. The van der Waals surface area contributed by atoms with E-state index in [4.69, 9.17) is 23.7 Å². The fourth-order valence-electron chi connectivity index (χ4n) is 3.68. The lowest BCUT2D eigenvalue weighted by atomic mass is 9.81. The van der Waals surface area contributed by atoms with E-state index in [1.807, 2.05) is 0 Å². The molecule has 2 aliphatic rings. The van der Waals surface area contributed by atoms with Crippen LogP contribution in [-0.4, -0.2) is 59.8 Å². The van der Waals surface area contributed by atoms with Crippen LogP contribution in [0.25, 0.3) is 0 Å². The van der Waals surface area contributed by atoms with E-state index in [2.05, 4.69) is 6.58 Å². The maximum atomic E-state index is 12.9. The molecule has 2 heterocycles. The normalized spacial score (nSPS) is 28.5. The predicted molar refractivity (Wildman–Crippen MR) is 105 cm³/mol. The van der Waals surface area contributed by atoms with Crippen LogP contribution in [0.1, 0.15) is 45.0 Å². The number of hydrogen-bond donors (Lipinski definition) is 1. The minimum atomic E-state index is -1.74. The first kappa shape index (κ1) is 21.9. The zero-order valence-electron chi connectivity index (χ0n) is 17.6. The fourth-order valence-corrected chi connectivity index (χ4v) is 3.68. The lowest BCUT2D eigenvalue weighted by Gasteiger charge is -2.41. The molecule has 0 spiro atoms. The number of benzene rings is 1. The van der Waals surface area contributed by atoms with E-state index in [9.17, 15) is 9.90 Å². The van der Waals surface area contributed by atoms with Gasteiger partial charge >= 0.3 is 5.97 Å². The van der Waals surface area contributed by atoms with E-state index in [1.165, 1.54) is 0 Å². The van der Waals surface area contributed by atoms with Crippen molar-refractivity contribution in [1.82, 2.24) is 0 Å². The molecule has 0 saturated carbocycles. The van der Waals surface area contributed by atoms with Gasteiger partial charge in [0.2, 0.25) is 0 Å². The number of carbonyl (C=O) groups excluding carboxylic acids is 1. The van der Waals surface area contributed by atoms with Crippen LogP contribution in [0.15, 0.2) is 42.5 Å². The van der Waals surface area contributed by atoms with Gasteiger partial charge in [-0.3, -0.25) is 0 Å². The van der Waals surface area contributed by atoms with Gasteiger partial charge in [-0.2, -0.15) is 0 Å². The summed E-state index contributed by atoms with van der Waals surface area (Å²) in [5.41, 5.74) is -1.00. The van der Waals surface area contributed by atoms with Crippen molar-refractivity contribution in [3.05, 3.63) is 48.0 Å². The molecular weight excluding hydrogens is 376 g/mol. The highest BCUT2D eigenvalue weighted by atomic mass is 16.8. The third kappa shape index (κ3) is 4.54. The Bertz CT molecular complexity index is 758. The van der Waals surface area contributed by atoms with Crippen LogP contribution in [0, 0.1) is 0 Å². The zero-order chi connectivity index (χ0) is 21.4. The first-order valence-corrected chi connectivity index (χ1v) is 9.72. The number of carbonyl (C=O) groups is 1. The van der Waals surface area contributed by atoms with Gasteiger partial charge in [0.05, 0.1) is 18.8 Å². The molecule has 2 fully saturated rings. The lowest BCUT2D eigenvalue weighted by Crippen LogP contribution is -2.60. The third-order valence-electron chi connectivity index (χ3n) is 5.23. The SMILES string of the molecule is C=C(C)[C@@](O)([C@@H]1COC(C)(C)O1)[C@H](OC(=O)c1ccccc1)[C@@H]1COC(C)(C)O1. The van der Waals surface area contributed by atoms with Crippen LogP contribution in [0.4, 0.5) is 0 Å². The number of esters is 1. The first-order chi connectivity index (χ1) is 13.4.